The molecule has 0 spiro atoms. The zero-order chi connectivity index (χ0) is 14.8. The van der Waals surface area contributed by atoms with Crippen LogP contribution in [0, 0.1) is 0 Å². The van der Waals surface area contributed by atoms with Crippen LogP contribution in [0.1, 0.15) is 18.6 Å². The molecule has 5 nitrogen and oxygen atoms in total. The average molecular weight is 283 g/mol. The molecule has 3 unspecified atom stereocenters. The van der Waals surface area contributed by atoms with Crippen LogP contribution in [0.4, 0.5) is 0 Å². The minimum Gasteiger partial charge on any atom is -0.389 e. The summed E-state index contributed by atoms with van der Waals surface area (Å²) in [6.07, 6.45) is -1.21. The first-order valence-corrected chi connectivity index (χ1v) is 6.85. The Bertz CT molecular complexity index is 347. The van der Waals surface area contributed by atoms with E-state index in [2.05, 4.69) is 5.32 Å². The number of hydrogen-bond acceptors (Lipinski definition) is 5. The predicted octanol–water partition coefficient (Wildman–Crippen LogP) is 0.722. The molecule has 0 heterocycles. The molecule has 0 radical (unpaired) electrons. The third-order valence-electron chi connectivity index (χ3n) is 2.93. The molecule has 0 amide bonds. The molecule has 20 heavy (non-hydrogen) atoms. The number of benzene rings is 1. The van der Waals surface area contributed by atoms with E-state index in [0.717, 1.165) is 5.56 Å². The Morgan fingerprint density at radius 2 is 1.65 bits per heavy atom. The Morgan fingerprint density at radius 1 is 1.05 bits per heavy atom. The van der Waals surface area contributed by atoms with Gasteiger partial charge in [0.05, 0.1) is 31.5 Å². The van der Waals surface area contributed by atoms with Crippen LogP contribution >= 0.6 is 0 Å². The van der Waals surface area contributed by atoms with Crippen LogP contribution < -0.4 is 5.32 Å². The predicted molar refractivity (Wildman–Crippen MR) is 77.6 cm³/mol. The van der Waals surface area contributed by atoms with Crippen LogP contribution in [0.3, 0.4) is 0 Å². The number of aliphatic hydroxyl groups excluding tert-OH is 2. The quantitative estimate of drug-likeness (QED) is 0.590. The molecule has 5 heteroatoms. The summed E-state index contributed by atoms with van der Waals surface area (Å²) in [5.74, 6) is 0. The Hall–Kier alpha value is -0.980. The van der Waals surface area contributed by atoms with Gasteiger partial charge in [-0.2, -0.15) is 0 Å². The summed E-state index contributed by atoms with van der Waals surface area (Å²) in [6.45, 7) is 3.26. The molecule has 0 bridgehead atoms. The normalized spacial score (nSPS) is 15.8. The fourth-order valence-corrected chi connectivity index (χ4v) is 1.80. The van der Waals surface area contributed by atoms with Crippen LogP contribution in [-0.2, 0) is 9.47 Å². The van der Waals surface area contributed by atoms with Gasteiger partial charge in [-0.25, -0.2) is 0 Å². The summed E-state index contributed by atoms with van der Waals surface area (Å²) in [5.41, 5.74) is 1.09. The molecule has 0 saturated carbocycles. The summed E-state index contributed by atoms with van der Waals surface area (Å²) >= 11 is 0. The molecule has 1 aromatic carbocycles. The fraction of sp³-hybridized carbons (Fsp3) is 0.600. The SMILES string of the molecule is COCC(O)CNCC(O)COC(C)c1ccccc1. The maximum atomic E-state index is 9.79. The van der Waals surface area contributed by atoms with Gasteiger partial charge in [-0.3, -0.25) is 0 Å². The standard InChI is InChI=1S/C15H25NO4/c1-12(13-6-4-3-5-7-13)20-11-15(18)9-16-8-14(17)10-19-2/h3-7,12,14-18H,8-11H2,1-2H3. The zero-order valence-corrected chi connectivity index (χ0v) is 12.2. The van der Waals surface area contributed by atoms with Gasteiger partial charge in [-0.1, -0.05) is 30.3 Å². The molecule has 0 fully saturated rings. The topological polar surface area (TPSA) is 71.0 Å². The van der Waals surface area contributed by atoms with E-state index in [0.29, 0.717) is 13.1 Å². The maximum absolute atomic E-state index is 9.79. The molecule has 0 saturated heterocycles. The van der Waals surface area contributed by atoms with Crippen molar-refractivity contribution in [2.45, 2.75) is 25.2 Å². The van der Waals surface area contributed by atoms with E-state index in [1.165, 1.54) is 7.11 Å². The lowest BCUT2D eigenvalue weighted by atomic mass is 10.1. The van der Waals surface area contributed by atoms with Crippen molar-refractivity contribution < 1.29 is 19.7 Å². The molecule has 1 aromatic rings. The van der Waals surface area contributed by atoms with Crippen LogP contribution in [-0.4, -0.2) is 55.8 Å². The monoisotopic (exact) mass is 283 g/mol. The lowest BCUT2D eigenvalue weighted by Crippen LogP contribution is -2.36. The smallest absolute Gasteiger partial charge is 0.0897 e. The van der Waals surface area contributed by atoms with E-state index in [9.17, 15) is 10.2 Å². The number of aliphatic hydroxyl groups is 2. The summed E-state index contributed by atoms with van der Waals surface area (Å²) in [7, 11) is 1.54. The van der Waals surface area contributed by atoms with E-state index in [-0.39, 0.29) is 19.3 Å². The van der Waals surface area contributed by atoms with E-state index < -0.39 is 12.2 Å². The maximum Gasteiger partial charge on any atom is 0.0897 e. The number of hydrogen-bond donors (Lipinski definition) is 3. The van der Waals surface area contributed by atoms with E-state index >= 15 is 0 Å². The van der Waals surface area contributed by atoms with E-state index in [1.807, 2.05) is 37.3 Å². The third-order valence-corrected chi connectivity index (χ3v) is 2.93. The molecule has 0 aromatic heterocycles. The van der Waals surface area contributed by atoms with Gasteiger partial charge in [0.1, 0.15) is 0 Å². The van der Waals surface area contributed by atoms with Gasteiger partial charge in [-0.15, -0.1) is 0 Å². The Labute approximate surface area is 120 Å². The molecule has 3 N–H and O–H groups in total. The summed E-state index contributed by atoms with van der Waals surface area (Å²) < 4.78 is 10.4. The second-order valence-corrected chi connectivity index (χ2v) is 4.81. The average Bonchev–Trinajstić information content (AvgIpc) is 2.46. The zero-order valence-electron chi connectivity index (χ0n) is 12.2. The van der Waals surface area contributed by atoms with E-state index in [1.54, 1.807) is 0 Å². The number of rotatable bonds is 10. The number of methoxy groups -OCH3 is 1. The highest BCUT2D eigenvalue weighted by Crippen LogP contribution is 2.15. The molecule has 3 atom stereocenters. The van der Waals surface area contributed by atoms with Crippen molar-refractivity contribution in [2.75, 3.05) is 33.4 Å². The van der Waals surface area contributed by atoms with Crippen molar-refractivity contribution >= 4 is 0 Å². The van der Waals surface area contributed by atoms with E-state index in [4.69, 9.17) is 9.47 Å². The van der Waals surface area contributed by atoms with Crippen LogP contribution in [0.25, 0.3) is 0 Å². The number of ether oxygens (including phenoxy) is 2. The lowest BCUT2D eigenvalue weighted by Gasteiger charge is -2.18. The van der Waals surface area contributed by atoms with Crippen LogP contribution in [0.2, 0.25) is 0 Å². The molecule has 0 aliphatic carbocycles. The van der Waals surface area contributed by atoms with Gasteiger partial charge in [0.25, 0.3) is 0 Å². The van der Waals surface area contributed by atoms with Gasteiger partial charge in [0.2, 0.25) is 0 Å². The van der Waals surface area contributed by atoms with Crippen molar-refractivity contribution in [3.8, 4) is 0 Å². The largest absolute Gasteiger partial charge is 0.389 e. The molecule has 1 rings (SSSR count). The third kappa shape index (κ3) is 6.98. The van der Waals surface area contributed by atoms with Gasteiger partial charge in [-0.05, 0) is 12.5 Å². The Balaban J connectivity index is 2.15. The van der Waals surface area contributed by atoms with Gasteiger partial charge in [0.15, 0.2) is 0 Å². The highest BCUT2D eigenvalue weighted by molar-refractivity contribution is 5.16. The molecule has 0 aliphatic heterocycles. The van der Waals surface area contributed by atoms with Crippen LogP contribution in [0.5, 0.6) is 0 Å². The van der Waals surface area contributed by atoms with Crippen molar-refractivity contribution in [3.05, 3.63) is 35.9 Å². The Morgan fingerprint density at radius 3 is 2.25 bits per heavy atom. The highest BCUT2D eigenvalue weighted by Gasteiger charge is 2.10. The molecular weight excluding hydrogens is 258 g/mol. The molecular formula is C15H25NO4. The van der Waals surface area contributed by atoms with Crippen molar-refractivity contribution in [2.24, 2.45) is 0 Å². The summed E-state index contributed by atoms with van der Waals surface area (Å²) in [5, 5.41) is 22.2. The van der Waals surface area contributed by atoms with Crippen molar-refractivity contribution in [3.63, 3.8) is 0 Å². The second-order valence-electron chi connectivity index (χ2n) is 4.81. The fourth-order valence-electron chi connectivity index (χ4n) is 1.80. The van der Waals surface area contributed by atoms with Crippen molar-refractivity contribution in [1.82, 2.24) is 5.32 Å². The second kappa shape index (κ2) is 9.85. The first-order valence-electron chi connectivity index (χ1n) is 6.85. The molecule has 0 aliphatic rings. The van der Waals surface area contributed by atoms with Crippen molar-refractivity contribution in [1.29, 1.82) is 0 Å². The Kier molecular flexibility index (Phi) is 8.41. The van der Waals surface area contributed by atoms with Gasteiger partial charge >= 0.3 is 0 Å². The van der Waals surface area contributed by atoms with Gasteiger partial charge < -0.3 is 25.0 Å². The molecule has 114 valence electrons. The minimum atomic E-state index is -0.601. The summed E-state index contributed by atoms with van der Waals surface area (Å²) in [4.78, 5) is 0. The first kappa shape index (κ1) is 17.1. The lowest BCUT2D eigenvalue weighted by molar-refractivity contribution is -0.00398. The van der Waals surface area contributed by atoms with Crippen LogP contribution in [0.15, 0.2) is 30.3 Å². The first-order chi connectivity index (χ1) is 9.63. The highest BCUT2D eigenvalue weighted by atomic mass is 16.5. The number of nitrogens with one attached hydrogen (secondary N) is 1. The van der Waals surface area contributed by atoms with Gasteiger partial charge in [0, 0.05) is 20.2 Å². The summed E-state index contributed by atoms with van der Waals surface area (Å²) in [6, 6.07) is 9.88. The minimum absolute atomic E-state index is 0.0510.